The van der Waals surface area contributed by atoms with Crippen LogP contribution in [0.15, 0.2) is 48.7 Å². The van der Waals surface area contributed by atoms with Crippen LogP contribution in [-0.2, 0) is 6.54 Å². The zero-order chi connectivity index (χ0) is 20.2. The van der Waals surface area contributed by atoms with E-state index in [1.54, 1.807) is 6.20 Å². The predicted octanol–water partition coefficient (Wildman–Crippen LogP) is 4.54. The molecule has 5 heteroatoms. The second-order valence-electron chi connectivity index (χ2n) is 8.01. The van der Waals surface area contributed by atoms with Gasteiger partial charge in [0.05, 0.1) is 0 Å². The highest BCUT2D eigenvalue weighted by atomic mass is 15.2. The van der Waals surface area contributed by atoms with Gasteiger partial charge in [-0.2, -0.15) is 0 Å². The first-order chi connectivity index (χ1) is 14.1. The van der Waals surface area contributed by atoms with Crippen LogP contribution >= 0.6 is 0 Å². The summed E-state index contributed by atoms with van der Waals surface area (Å²) in [6.07, 6.45) is 4.02. The molecule has 3 heterocycles. The quantitative estimate of drug-likeness (QED) is 0.696. The first-order valence-electron chi connectivity index (χ1n) is 10.4. The van der Waals surface area contributed by atoms with E-state index in [1.807, 2.05) is 25.1 Å². The summed E-state index contributed by atoms with van der Waals surface area (Å²) in [4.78, 5) is 16.4. The normalized spacial score (nSPS) is 15.4. The Hall–Kier alpha value is -2.79. The van der Waals surface area contributed by atoms with Crippen molar-refractivity contribution < 1.29 is 0 Å². The number of aromatic nitrogens is 3. The highest BCUT2D eigenvalue weighted by Crippen LogP contribution is 2.23. The minimum absolute atomic E-state index is 0.438. The van der Waals surface area contributed by atoms with Gasteiger partial charge in [-0.1, -0.05) is 35.9 Å². The van der Waals surface area contributed by atoms with E-state index in [2.05, 4.69) is 58.3 Å². The second-order valence-corrected chi connectivity index (χ2v) is 8.01. The van der Waals surface area contributed by atoms with Gasteiger partial charge in [-0.05, 0) is 51.3 Å². The molecule has 4 rings (SSSR count). The molecule has 1 N–H and O–H groups in total. The lowest BCUT2D eigenvalue weighted by Gasteiger charge is -2.33. The van der Waals surface area contributed by atoms with Crippen molar-refractivity contribution in [2.45, 2.75) is 46.2 Å². The third-order valence-corrected chi connectivity index (χ3v) is 5.70. The third kappa shape index (κ3) is 4.80. The number of rotatable bonds is 5. The molecule has 0 unspecified atom stereocenters. The van der Waals surface area contributed by atoms with Gasteiger partial charge in [0.25, 0.3) is 0 Å². The van der Waals surface area contributed by atoms with Crippen molar-refractivity contribution >= 4 is 5.82 Å². The summed E-state index contributed by atoms with van der Waals surface area (Å²) >= 11 is 0. The number of nitrogens with zero attached hydrogens (tertiary/aromatic N) is 4. The van der Waals surface area contributed by atoms with Gasteiger partial charge in [0.15, 0.2) is 5.82 Å². The first-order valence-corrected chi connectivity index (χ1v) is 10.4. The molecule has 1 aliphatic heterocycles. The first kappa shape index (κ1) is 19.5. The molecule has 2 aromatic heterocycles. The zero-order valence-corrected chi connectivity index (χ0v) is 17.5. The molecule has 1 fully saturated rings. The van der Waals surface area contributed by atoms with Crippen molar-refractivity contribution in [2.75, 3.05) is 18.4 Å². The van der Waals surface area contributed by atoms with Crippen LogP contribution < -0.4 is 5.32 Å². The van der Waals surface area contributed by atoms with Crippen LogP contribution in [0.2, 0.25) is 0 Å². The van der Waals surface area contributed by atoms with Crippen LogP contribution in [0.5, 0.6) is 0 Å². The molecule has 1 saturated heterocycles. The Morgan fingerprint density at radius 2 is 1.83 bits per heavy atom. The van der Waals surface area contributed by atoms with E-state index in [1.165, 1.54) is 11.1 Å². The van der Waals surface area contributed by atoms with Crippen molar-refractivity contribution in [1.82, 2.24) is 19.9 Å². The van der Waals surface area contributed by atoms with E-state index >= 15 is 0 Å². The zero-order valence-electron chi connectivity index (χ0n) is 17.5. The van der Waals surface area contributed by atoms with E-state index in [9.17, 15) is 0 Å². The van der Waals surface area contributed by atoms with Crippen LogP contribution in [0.25, 0.3) is 11.5 Å². The minimum atomic E-state index is 0.438. The van der Waals surface area contributed by atoms with Crippen LogP contribution in [0.1, 0.15) is 35.2 Å². The summed E-state index contributed by atoms with van der Waals surface area (Å²) in [5.74, 6) is 1.63. The van der Waals surface area contributed by atoms with Gasteiger partial charge in [-0.15, -0.1) is 0 Å². The topological polar surface area (TPSA) is 53.9 Å². The van der Waals surface area contributed by atoms with Gasteiger partial charge in [-0.25, -0.2) is 9.97 Å². The monoisotopic (exact) mass is 387 g/mol. The summed E-state index contributed by atoms with van der Waals surface area (Å²) in [7, 11) is 0. The molecule has 150 valence electrons. The number of benzene rings is 1. The van der Waals surface area contributed by atoms with E-state index in [-0.39, 0.29) is 0 Å². The molecule has 0 bridgehead atoms. The molecule has 5 nitrogen and oxygen atoms in total. The highest BCUT2D eigenvalue weighted by molar-refractivity contribution is 5.56. The molecule has 0 amide bonds. The Balaban J connectivity index is 1.41. The standard InChI is InChI=1S/C24H29N5/c1-17-7-6-8-20(15-17)16-29-13-10-21(11-14-29)27-23-18(2)19(3)26-24(28-23)22-9-4-5-12-25-22/h4-9,12,15,21H,10-11,13-14,16H2,1-3H3,(H,26,27,28). The number of anilines is 1. The molecule has 0 aliphatic carbocycles. The van der Waals surface area contributed by atoms with Gasteiger partial charge in [0.2, 0.25) is 0 Å². The number of hydrogen-bond donors (Lipinski definition) is 1. The number of piperidine rings is 1. The lowest BCUT2D eigenvalue weighted by Crippen LogP contribution is -2.39. The number of hydrogen-bond acceptors (Lipinski definition) is 5. The van der Waals surface area contributed by atoms with Crippen molar-refractivity contribution in [3.05, 3.63) is 71.0 Å². The number of pyridine rings is 1. The van der Waals surface area contributed by atoms with E-state index in [4.69, 9.17) is 4.98 Å². The third-order valence-electron chi connectivity index (χ3n) is 5.70. The molecule has 1 aromatic carbocycles. The van der Waals surface area contributed by atoms with Crippen LogP contribution in [-0.4, -0.2) is 39.0 Å². The summed E-state index contributed by atoms with van der Waals surface area (Å²) in [6, 6.07) is 15.1. The Morgan fingerprint density at radius 1 is 1.00 bits per heavy atom. The maximum absolute atomic E-state index is 4.80. The van der Waals surface area contributed by atoms with E-state index in [0.29, 0.717) is 11.9 Å². The second kappa shape index (κ2) is 8.70. The fourth-order valence-electron chi connectivity index (χ4n) is 3.88. The van der Waals surface area contributed by atoms with Gasteiger partial charge < -0.3 is 5.32 Å². The van der Waals surface area contributed by atoms with Crippen molar-refractivity contribution in [1.29, 1.82) is 0 Å². The van der Waals surface area contributed by atoms with Crippen LogP contribution in [0.4, 0.5) is 5.82 Å². The number of aryl methyl sites for hydroxylation is 2. The molecular weight excluding hydrogens is 358 g/mol. The highest BCUT2D eigenvalue weighted by Gasteiger charge is 2.21. The number of likely N-dealkylation sites (tertiary alicyclic amines) is 1. The molecule has 0 radical (unpaired) electrons. The maximum atomic E-state index is 4.80. The average Bonchev–Trinajstić information content (AvgIpc) is 2.73. The van der Waals surface area contributed by atoms with Gasteiger partial charge in [-0.3, -0.25) is 9.88 Å². The van der Waals surface area contributed by atoms with Crippen LogP contribution in [0, 0.1) is 20.8 Å². The van der Waals surface area contributed by atoms with Crippen molar-refractivity contribution in [3.63, 3.8) is 0 Å². The van der Waals surface area contributed by atoms with Crippen LogP contribution in [0.3, 0.4) is 0 Å². The van der Waals surface area contributed by atoms with Gasteiger partial charge in [0.1, 0.15) is 11.5 Å². The van der Waals surface area contributed by atoms with Gasteiger partial charge in [0, 0.05) is 43.1 Å². The smallest absolute Gasteiger partial charge is 0.180 e. The van der Waals surface area contributed by atoms with E-state index < -0.39 is 0 Å². The lowest BCUT2D eigenvalue weighted by molar-refractivity contribution is 0.211. The largest absolute Gasteiger partial charge is 0.367 e. The van der Waals surface area contributed by atoms with Crippen molar-refractivity contribution in [2.24, 2.45) is 0 Å². The summed E-state index contributed by atoms with van der Waals surface area (Å²) in [6.45, 7) is 9.52. The predicted molar refractivity (Wildman–Crippen MR) is 118 cm³/mol. The summed E-state index contributed by atoms with van der Waals surface area (Å²) in [5, 5.41) is 3.69. The SMILES string of the molecule is Cc1cccc(CN2CCC(Nc3nc(-c4ccccn4)nc(C)c3C)CC2)c1. The Morgan fingerprint density at radius 3 is 2.55 bits per heavy atom. The maximum Gasteiger partial charge on any atom is 0.180 e. The van der Waals surface area contributed by atoms with E-state index in [0.717, 1.165) is 55.2 Å². The molecule has 0 atom stereocenters. The Labute approximate surface area is 173 Å². The van der Waals surface area contributed by atoms with Gasteiger partial charge >= 0.3 is 0 Å². The molecule has 3 aromatic rings. The molecule has 29 heavy (non-hydrogen) atoms. The summed E-state index contributed by atoms with van der Waals surface area (Å²) in [5.41, 5.74) is 5.66. The lowest BCUT2D eigenvalue weighted by atomic mass is 10.0. The fourth-order valence-corrected chi connectivity index (χ4v) is 3.88. The minimum Gasteiger partial charge on any atom is -0.367 e. The fraction of sp³-hybridized carbons (Fsp3) is 0.375. The molecule has 1 aliphatic rings. The summed E-state index contributed by atoms with van der Waals surface area (Å²) < 4.78 is 0. The van der Waals surface area contributed by atoms with Crippen molar-refractivity contribution in [3.8, 4) is 11.5 Å². The molecular formula is C24H29N5. The molecule has 0 saturated carbocycles. The Kier molecular flexibility index (Phi) is 5.86. The Bertz CT molecular complexity index is 962. The average molecular weight is 388 g/mol. The molecule has 0 spiro atoms. The number of nitrogens with one attached hydrogen (secondary N) is 1.